The third-order valence-electron chi connectivity index (χ3n) is 3.97. The van der Waals surface area contributed by atoms with E-state index >= 15 is 0 Å². The molecule has 0 saturated heterocycles. The normalized spacial score (nSPS) is 16.0. The highest BCUT2D eigenvalue weighted by Crippen LogP contribution is 2.34. The van der Waals surface area contributed by atoms with E-state index in [2.05, 4.69) is 10.6 Å². The summed E-state index contributed by atoms with van der Waals surface area (Å²) in [6, 6.07) is 15.2. The number of benzene rings is 2. The fraction of sp³-hybridized carbons (Fsp3) is 0.222. The lowest BCUT2D eigenvalue weighted by Crippen LogP contribution is -2.20. The first-order chi connectivity index (χ1) is 10.7. The highest BCUT2D eigenvalue weighted by atomic mass is 16.2. The molecule has 0 saturated carbocycles. The van der Waals surface area contributed by atoms with E-state index in [1.807, 2.05) is 55.5 Å². The zero-order valence-electron chi connectivity index (χ0n) is 12.4. The van der Waals surface area contributed by atoms with Gasteiger partial charge in [-0.2, -0.15) is 0 Å². The van der Waals surface area contributed by atoms with Crippen molar-refractivity contribution in [3.63, 3.8) is 0 Å². The maximum Gasteiger partial charge on any atom is 0.232 e. The van der Waals surface area contributed by atoms with Crippen LogP contribution in [0.25, 0.3) is 0 Å². The Kier molecular flexibility index (Phi) is 3.92. The molecule has 0 fully saturated rings. The predicted molar refractivity (Wildman–Crippen MR) is 86.9 cm³/mol. The average molecular weight is 294 g/mol. The van der Waals surface area contributed by atoms with E-state index in [9.17, 15) is 9.59 Å². The van der Waals surface area contributed by atoms with Crippen LogP contribution >= 0.6 is 0 Å². The molecule has 1 heterocycles. The van der Waals surface area contributed by atoms with Crippen LogP contribution < -0.4 is 10.6 Å². The van der Waals surface area contributed by atoms with Gasteiger partial charge in [-0.25, -0.2) is 0 Å². The molecule has 4 heteroatoms. The number of hydrogen-bond acceptors (Lipinski definition) is 2. The first-order valence-corrected chi connectivity index (χ1v) is 7.46. The molecule has 0 bridgehead atoms. The number of aryl methyl sites for hydroxylation is 1. The van der Waals surface area contributed by atoms with Gasteiger partial charge in [0.25, 0.3) is 0 Å². The van der Waals surface area contributed by atoms with Gasteiger partial charge in [0, 0.05) is 17.8 Å². The highest BCUT2D eigenvalue weighted by molar-refractivity contribution is 6.06. The summed E-state index contributed by atoms with van der Waals surface area (Å²) < 4.78 is 0. The predicted octanol–water partition coefficient (Wildman–Crippen LogP) is 3.31. The fourth-order valence-electron chi connectivity index (χ4n) is 2.82. The Bertz CT molecular complexity index is 725. The van der Waals surface area contributed by atoms with Crippen molar-refractivity contribution in [1.29, 1.82) is 0 Å². The van der Waals surface area contributed by atoms with E-state index < -0.39 is 5.92 Å². The molecule has 2 N–H and O–H groups in total. The van der Waals surface area contributed by atoms with Gasteiger partial charge in [-0.15, -0.1) is 0 Å². The van der Waals surface area contributed by atoms with Gasteiger partial charge in [-0.1, -0.05) is 43.3 Å². The molecule has 4 nitrogen and oxygen atoms in total. The molecule has 0 radical (unpaired) electrons. The minimum atomic E-state index is -0.412. The first kappa shape index (κ1) is 14.3. The summed E-state index contributed by atoms with van der Waals surface area (Å²) >= 11 is 0. The molecule has 3 rings (SSSR count). The van der Waals surface area contributed by atoms with Crippen molar-refractivity contribution in [2.75, 3.05) is 10.6 Å². The van der Waals surface area contributed by atoms with E-state index in [1.54, 1.807) is 0 Å². The molecular formula is C18H18N2O2. The summed E-state index contributed by atoms with van der Waals surface area (Å²) in [4.78, 5) is 24.4. The van der Waals surface area contributed by atoms with Crippen LogP contribution in [0.4, 0.5) is 11.4 Å². The van der Waals surface area contributed by atoms with Gasteiger partial charge in [-0.3, -0.25) is 9.59 Å². The van der Waals surface area contributed by atoms with Gasteiger partial charge in [-0.05, 0) is 29.7 Å². The Labute approximate surface area is 129 Å². The van der Waals surface area contributed by atoms with Gasteiger partial charge >= 0.3 is 0 Å². The Morgan fingerprint density at radius 1 is 1.14 bits per heavy atom. The quantitative estimate of drug-likeness (QED) is 0.909. The van der Waals surface area contributed by atoms with E-state index in [1.165, 1.54) is 0 Å². The first-order valence-electron chi connectivity index (χ1n) is 7.46. The second-order valence-electron chi connectivity index (χ2n) is 5.39. The average Bonchev–Trinajstić information content (AvgIpc) is 2.84. The molecule has 2 aromatic rings. The van der Waals surface area contributed by atoms with Crippen LogP contribution in [-0.2, 0) is 16.0 Å². The molecule has 0 spiro atoms. The number of anilines is 2. The van der Waals surface area contributed by atoms with Crippen molar-refractivity contribution in [3.05, 3.63) is 59.7 Å². The molecule has 1 aliphatic rings. The second-order valence-corrected chi connectivity index (χ2v) is 5.39. The molecule has 0 aliphatic carbocycles. The summed E-state index contributed by atoms with van der Waals surface area (Å²) in [6.45, 7) is 2.05. The Hall–Kier alpha value is -2.62. The Balaban J connectivity index is 1.74. The smallest absolute Gasteiger partial charge is 0.232 e. The van der Waals surface area contributed by atoms with Crippen LogP contribution in [0.3, 0.4) is 0 Å². The molecule has 2 aromatic carbocycles. The molecule has 0 aromatic heterocycles. The Morgan fingerprint density at radius 3 is 2.68 bits per heavy atom. The van der Waals surface area contributed by atoms with Crippen molar-refractivity contribution in [2.45, 2.75) is 25.7 Å². The zero-order valence-corrected chi connectivity index (χ0v) is 12.4. The number of para-hydroxylation sites is 2. The van der Waals surface area contributed by atoms with E-state index in [-0.39, 0.29) is 18.2 Å². The van der Waals surface area contributed by atoms with Crippen molar-refractivity contribution in [2.24, 2.45) is 0 Å². The fourth-order valence-corrected chi connectivity index (χ4v) is 2.82. The molecule has 2 amide bonds. The van der Waals surface area contributed by atoms with E-state index in [0.717, 1.165) is 28.9 Å². The van der Waals surface area contributed by atoms with E-state index in [0.29, 0.717) is 0 Å². The zero-order chi connectivity index (χ0) is 15.5. The number of nitrogens with one attached hydrogen (secondary N) is 2. The van der Waals surface area contributed by atoms with Gasteiger partial charge in [0.15, 0.2) is 0 Å². The second kappa shape index (κ2) is 6.02. The lowest BCUT2D eigenvalue weighted by molar-refractivity contribution is -0.122. The number of amides is 2. The maximum atomic E-state index is 12.3. The largest absolute Gasteiger partial charge is 0.326 e. The summed E-state index contributed by atoms with van der Waals surface area (Å²) in [5.74, 6) is -0.664. The third-order valence-corrected chi connectivity index (χ3v) is 3.97. The minimum absolute atomic E-state index is 0.111. The summed E-state index contributed by atoms with van der Waals surface area (Å²) in [5.41, 5.74) is 3.61. The van der Waals surface area contributed by atoms with Crippen LogP contribution in [0, 0.1) is 0 Å². The number of hydrogen-bond donors (Lipinski definition) is 2. The molecule has 1 atom stereocenters. The standard InChI is InChI=1S/C18H18N2O2/c1-2-12-7-3-5-9-15(12)19-17(21)11-14-13-8-4-6-10-16(13)20-18(14)22/h3-10,14H,2,11H2,1H3,(H,19,21)(H,20,22). The number of fused-ring (bicyclic) bond motifs is 1. The van der Waals surface area contributed by atoms with Crippen molar-refractivity contribution in [3.8, 4) is 0 Å². The minimum Gasteiger partial charge on any atom is -0.326 e. The van der Waals surface area contributed by atoms with Gasteiger partial charge in [0.1, 0.15) is 0 Å². The van der Waals surface area contributed by atoms with Gasteiger partial charge in [0.2, 0.25) is 11.8 Å². The summed E-state index contributed by atoms with van der Waals surface area (Å²) in [6.07, 6.45) is 1.00. The molecular weight excluding hydrogens is 276 g/mol. The molecule has 1 aliphatic heterocycles. The lowest BCUT2D eigenvalue weighted by atomic mass is 9.97. The van der Waals surface area contributed by atoms with E-state index in [4.69, 9.17) is 0 Å². The van der Waals surface area contributed by atoms with Crippen molar-refractivity contribution < 1.29 is 9.59 Å². The molecule has 22 heavy (non-hydrogen) atoms. The van der Waals surface area contributed by atoms with Gasteiger partial charge < -0.3 is 10.6 Å². The lowest BCUT2D eigenvalue weighted by Gasteiger charge is -2.12. The van der Waals surface area contributed by atoms with Crippen LogP contribution in [0.2, 0.25) is 0 Å². The van der Waals surface area contributed by atoms with Crippen molar-refractivity contribution >= 4 is 23.2 Å². The molecule has 1 unspecified atom stereocenters. The van der Waals surface area contributed by atoms with Crippen LogP contribution in [0.5, 0.6) is 0 Å². The number of carbonyl (C=O) groups is 2. The van der Waals surface area contributed by atoms with Crippen molar-refractivity contribution in [1.82, 2.24) is 0 Å². The number of rotatable bonds is 4. The summed E-state index contributed by atoms with van der Waals surface area (Å²) in [5, 5.41) is 5.74. The monoisotopic (exact) mass is 294 g/mol. The van der Waals surface area contributed by atoms with Crippen LogP contribution in [0.1, 0.15) is 30.4 Å². The third kappa shape index (κ3) is 2.72. The summed E-state index contributed by atoms with van der Waals surface area (Å²) in [7, 11) is 0. The van der Waals surface area contributed by atoms with Crippen LogP contribution in [-0.4, -0.2) is 11.8 Å². The maximum absolute atomic E-state index is 12.3. The van der Waals surface area contributed by atoms with Gasteiger partial charge in [0.05, 0.1) is 5.92 Å². The van der Waals surface area contributed by atoms with Crippen LogP contribution in [0.15, 0.2) is 48.5 Å². The SMILES string of the molecule is CCc1ccccc1NC(=O)CC1C(=O)Nc2ccccc21. The highest BCUT2D eigenvalue weighted by Gasteiger charge is 2.31. The Morgan fingerprint density at radius 2 is 1.86 bits per heavy atom. The molecule has 112 valence electrons. The topological polar surface area (TPSA) is 58.2 Å². The number of carbonyl (C=O) groups excluding carboxylic acids is 2.